The average molecular weight is 406 g/mol. The van der Waals surface area contributed by atoms with Gasteiger partial charge in [-0.1, -0.05) is 6.07 Å². The lowest BCUT2D eigenvalue weighted by Gasteiger charge is -2.24. The molecule has 1 heterocycles. The van der Waals surface area contributed by atoms with Gasteiger partial charge in [-0.2, -0.15) is 5.10 Å². The van der Waals surface area contributed by atoms with Crippen LogP contribution in [0.5, 0.6) is 0 Å². The van der Waals surface area contributed by atoms with E-state index in [0.29, 0.717) is 12.3 Å². The van der Waals surface area contributed by atoms with Crippen molar-refractivity contribution < 1.29 is 9.53 Å². The van der Waals surface area contributed by atoms with Crippen molar-refractivity contribution in [2.24, 2.45) is 0 Å². The fourth-order valence-electron chi connectivity index (χ4n) is 1.78. The van der Waals surface area contributed by atoms with Crippen molar-refractivity contribution in [1.82, 2.24) is 9.78 Å². The van der Waals surface area contributed by atoms with Gasteiger partial charge in [-0.25, -0.2) is 14.7 Å². The van der Waals surface area contributed by atoms with Crippen LogP contribution < -0.4 is 0 Å². The van der Waals surface area contributed by atoms with Gasteiger partial charge in [0.15, 0.2) is 0 Å². The summed E-state index contributed by atoms with van der Waals surface area (Å²) < 4.78 is 8.47. The Kier molecular flexibility index (Phi) is 5.09. The van der Waals surface area contributed by atoms with Crippen LogP contribution in [0.3, 0.4) is 0 Å². The average Bonchev–Trinajstić information content (AvgIpc) is 2.70. The second-order valence-electron chi connectivity index (χ2n) is 5.52. The molecule has 1 aromatic carbocycles. The van der Waals surface area contributed by atoms with E-state index in [1.54, 1.807) is 0 Å². The number of rotatable bonds is 6. The molecule has 6 heteroatoms. The zero-order chi connectivity index (χ0) is 14.8. The third-order valence-corrected chi connectivity index (χ3v) is 5.11. The molecular weight excluding hydrogens is 387 g/mol. The number of nitrogens with zero attached hydrogens (tertiary/aromatic N) is 2. The van der Waals surface area contributed by atoms with E-state index < -0.39 is 10.0 Å². The van der Waals surface area contributed by atoms with Gasteiger partial charge in [0.1, 0.15) is 16.7 Å². The maximum Gasteiger partial charge on any atom is 0.150 e. The van der Waals surface area contributed by atoms with Crippen LogP contribution in [0.2, 0.25) is 0 Å². The SMILES string of the molecule is CS(C)(C)CCOCn1nc(I)c2ccc(C=O)cc21. The number of hydrogen-bond acceptors (Lipinski definition) is 3. The van der Waals surface area contributed by atoms with Crippen molar-refractivity contribution in [1.29, 1.82) is 0 Å². The summed E-state index contributed by atoms with van der Waals surface area (Å²) in [6.07, 6.45) is 7.68. The smallest absolute Gasteiger partial charge is 0.150 e. The quantitative estimate of drug-likeness (QED) is 0.421. The van der Waals surface area contributed by atoms with Crippen molar-refractivity contribution in [3.63, 3.8) is 0 Å². The minimum atomic E-state index is -0.529. The third kappa shape index (κ3) is 3.95. The lowest BCUT2D eigenvalue weighted by molar-refractivity contribution is 0.0838. The molecule has 1 aromatic heterocycles. The van der Waals surface area contributed by atoms with Gasteiger partial charge in [-0.15, -0.1) is 0 Å². The minimum Gasteiger partial charge on any atom is -0.358 e. The van der Waals surface area contributed by atoms with Crippen LogP contribution in [0.1, 0.15) is 10.4 Å². The molecule has 0 saturated heterocycles. The first kappa shape index (κ1) is 15.8. The molecule has 2 rings (SSSR count). The van der Waals surface area contributed by atoms with E-state index in [4.69, 9.17) is 4.74 Å². The van der Waals surface area contributed by atoms with E-state index in [-0.39, 0.29) is 0 Å². The number of aromatic nitrogens is 2. The van der Waals surface area contributed by atoms with Crippen LogP contribution in [0, 0.1) is 3.70 Å². The molecule has 20 heavy (non-hydrogen) atoms. The van der Waals surface area contributed by atoms with Crippen LogP contribution in [-0.4, -0.2) is 47.2 Å². The summed E-state index contributed by atoms with van der Waals surface area (Å²) >= 11 is 2.20. The molecule has 0 spiro atoms. The Morgan fingerprint density at radius 1 is 1.40 bits per heavy atom. The first-order valence-electron chi connectivity index (χ1n) is 6.26. The maximum atomic E-state index is 10.9. The number of benzene rings is 1. The molecule has 0 bridgehead atoms. The number of fused-ring (bicyclic) bond motifs is 1. The molecule has 0 aliphatic carbocycles. The van der Waals surface area contributed by atoms with Gasteiger partial charge in [0, 0.05) is 16.7 Å². The summed E-state index contributed by atoms with van der Waals surface area (Å²) in [5.41, 5.74) is 1.61. The lowest BCUT2D eigenvalue weighted by atomic mass is 10.2. The minimum absolute atomic E-state index is 0.428. The third-order valence-electron chi connectivity index (χ3n) is 2.92. The Morgan fingerprint density at radius 2 is 2.15 bits per heavy atom. The summed E-state index contributed by atoms with van der Waals surface area (Å²) in [4.78, 5) is 10.9. The number of hydrogen-bond donors (Lipinski definition) is 0. The summed E-state index contributed by atoms with van der Waals surface area (Å²) in [5.74, 6) is 1.09. The Bertz CT molecular complexity index is 619. The number of ether oxygens (including phenoxy) is 1. The van der Waals surface area contributed by atoms with Crippen LogP contribution in [0.15, 0.2) is 18.2 Å². The summed E-state index contributed by atoms with van der Waals surface area (Å²) in [7, 11) is -0.529. The Labute approximate surface area is 134 Å². The molecule has 0 radical (unpaired) electrons. The normalized spacial score (nSPS) is 12.8. The molecule has 0 atom stereocenters. The largest absolute Gasteiger partial charge is 0.358 e. The Balaban J connectivity index is 2.11. The molecule has 0 amide bonds. The number of carbonyl (C=O) groups is 1. The van der Waals surface area contributed by atoms with Crippen LogP contribution in [0.25, 0.3) is 10.9 Å². The van der Waals surface area contributed by atoms with E-state index in [1.165, 1.54) is 0 Å². The van der Waals surface area contributed by atoms with Crippen molar-refractivity contribution in [2.75, 3.05) is 31.1 Å². The van der Waals surface area contributed by atoms with E-state index in [1.807, 2.05) is 22.9 Å². The van der Waals surface area contributed by atoms with Crippen molar-refractivity contribution in [3.8, 4) is 0 Å². The van der Waals surface area contributed by atoms with Crippen molar-refractivity contribution >= 4 is 49.8 Å². The van der Waals surface area contributed by atoms with E-state index in [2.05, 4.69) is 46.5 Å². The van der Waals surface area contributed by atoms with Gasteiger partial charge >= 0.3 is 0 Å². The zero-order valence-corrected chi connectivity index (χ0v) is 14.9. The van der Waals surface area contributed by atoms with E-state index >= 15 is 0 Å². The van der Waals surface area contributed by atoms with Crippen LogP contribution >= 0.6 is 32.6 Å². The second-order valence-corrected chi connectivity index (χ2v) is 11.1. The maximum absolute atomic E-state index is 10.9. The van der Waals surface area contributed by atoms with Crippen LogP contribution in [-0.2, 0) is 11.5 Å². The molecule has 0 fully saturated rings. The van der Waals surface area contributed by atoms with Crippen molar-refractivity contribution in [3.05, 3.63) is 27.5 Å². The summed E-state index contributed by atoms with van der Waals surface area (Å²) in [5, 5.41) is 5.53. The topological polar surface area (TPSA) is 44.1 Å². The van der Waals surface area contributed by atoms with Gasteiger partial charge in [-0.05, 0) is 53.5 Å². The van der Waals surface area contributed by atoms with Gasteiger partial charge in [-0.3, -0.25) is 4.79 Å². The highest BCUT2D eigenvalue weighted by Crippen LogP contribution is 2.33. The van der Waals surface area contributed by atoms with Gasteiger partial charge in [0.25, 0.3) is 0 Å². The van der Waals surface area contributed by atoms with E-state index in [0.717, 1.165) is 33.2 Å². The fourth-order valence-corrected chi connectivity index (χ4v) is 3.12. The standard InChI is InChI=1S/C14H19IN2O2S/c1-20(2,3)7-6-19-10-17-13-8-11(9-18)4-5-12(13)14(15)16-17/h4-5,8-9H,6-7,10H2,1-3H3. The molecule has 4 nitrogen and oxygen atoms in total. The summed E-state index contributed by atoms with van der Waals surface area (Å²) in [6.45, 7) is 1.17. The highest BCUT2D eigenvalue weighted by Gasteiger charge is 2.09. The molecule has 110 valence electrons. The highest BCUT2D eigenvalue weighted by atomic mass is 127. The number of halogens is 1. The fraction of sp³-hybridized carbons (Fsp3) is 0.429. The molecule has 0 saturated carbocycles. The molecule has 0 N–H and O–H groups in total. The second kappa shape index (κ2) is 6.44. The monoisotopic (exact) mass is 406 g/mol. The van der Waals surface area contributed by atoms with Gasteiger partial charge < -0.3 is 4.74 Å². The predicted octanol–water partition coefficient (Wildman–Crippen LogP) is 3.12. The zero-order valence-electron chi connectivity index (χ0n) is 11.9. The van der Waals surface area contributed by atoms with E-state index in [9.17, 15) is 4.79 Å². The lowest BCUT2D eigenvalue weighted by Crippen LogP contribution is -2.10. The molecular formula is C14H19IN2O2S. The first-order chi connectivity index (χ1) is 9.40. The highest BCUT2D eigenvalue weighted by molar-refractivity contribution is 14.1. The first-order valence-corrected chi connectivity index (χ1v) is 10.4. The number of aldehydes is 1. The van der Waals surface area contributed by atoms with Crippen LogP contribution in [0.4, 0.5) is 0 Å². The number of carbonyl (C=O) groups excluding carboxylic acids is 1. The molecule has 0 aliphatic heterocycles. The molecule has 0 aliphatic rings. The van der Waals surface area contributed by atoms with Crippen molar-refractivity contribution in [2.45, 2.75) is 6.73 Å². The van der Waals surface area contributed by atoms with Gasteiger partial charge in [0.2, 0.25) is 0 Å². The molecule has 0 unspecified atom stereocenters. The Morgan fingerprint density at radius 3 is 2.80 bits per heavy atom. The van der Waals surface area contributed by atoms with Gasteiger partial charge in [0.05, 0.1) is 12.1 Å². The Hall–Kier alpha value is -0.600. The summed E-state index contributed by atoms with van der Waals surface area (Å²) in [6, 6.07) is 5.60. The molecule has 2 aromatic rings. The predicted molar refractivity (Wildman–Crippen MR) is 94.0 cm³/mol.